The van der Waals surface area contributed by atoms with Gasteiger partial charge < -0.3 is 9.84 Å². The standard InChI is InChI=1S/C18H26O3S/c19-18(20)17(22)14-10-5-3-1-2-4-6-11-15-21-16-12-8-7-9-13-16/h7-9,12-13H,1-6,10-11,14-15H2,(H,19,20). The Morgan fingerprint density at radius 1 is 0.909 bits per heavy atom. The number of hydrogen-bond donors (Lipinski definition) is 1. The molecule has 0 heterocycles. The van der Waals surface area contributed by atoms with Crippen LogP contribution in [0.15, 0.2) is 30.3 Å². The first-order valence-corrected chi connectivity index (χ1v) is 8.55. The summed E-state index contributed by atoms with van der Waals surface area (Å²) in [6.07, 6.45) is 9.70. The average Bonchev–Trinajstić information content (AvgIpc) is 2.53. The van der Waals surface area contributed by atoms with Gasteiger partial charge in [-0.1, -0.05) is 68.9 Å². The van der Waals surface area contributed by atoms with E-state index in [9.17, 15) is 4.79 Å². The zero-order valence-electron chi connectivity index (χ0n) is 13.1. The van der Waals surface area contributed by atoms with E-state index >= 15 is 0 Å². The highest BCUT2D eigenvalue weighted by atomic mass is 32.1. The number of para-hydroxylation sites is 1. The smallest absolute Gasteiger partial charge is 0.342 e. The van der Waals surface area contributed by atoms with Crippen LogP contribution >= 0.6 is 12.2 Å². The molecule has 22 heavy (non-hydrogen) atoms. The topological polar surface area (TPSA) is 46.5 Å². The molecular formula is C18H26O3S. The van der Waals surface area contributed by atoms with Crippen LogP contribution in [0.3, 0.4) is 0 Å². The third-order valence-electron chi connectivity index (χ3n) is 3.55. The lowest BCUT2D eigenvalue weighted by Gasteiger charge is -2.05. The van der Waals surface area contributed by atoms with Gasteiger partial charge in [0.25, 0.3) is 0 Å². The highest BCUT2D eigenvalue weighted by Crippen LogP contribution is 2.12. The maximum Gasteiger partial charge on any atom is 0.342 e. The Labute approximate surface area is 138 Å². The maximum atomic E-state index is 10.5. The van der Waals surface area contributed by atoms with E-state index in [1.54, 1.807) is 0 Å². The summed E-state index contributed by atoms with van der Waals surface area (Å²) >= 11 is 4.76. The Bertz CT molecular complexity index is 431. The number of thiocarbonyl (C=S) groups is 1. The van der Waals surface area contributed by atoms with Gasteiger partial charge in [0.05, 0.1) is 11.5 Å². The number of rotatable bonds is 13. The van der Waals surface area contributed by atoms with Gasteiger partial charge >= 0.3 is 5.97 Å². The Hall–Kier alpha value is -1.42. The number of carbonyl (C=O) groups is 1. The van der Waals surface area contributed by atoms with Crippen molar-refractivity contribution in [3.8, 4) is 5.75 Å². The number of hydrogen-bond acceptors (Lipinski definition) is 3. The highest BCUT2D eigenvalue weighted by Gasteiger charge is 2.04. The molecule has 0 saturated carbocycles. The quantitative estimate of drug-likeness (QED) is 0.408. The molecule has 0 fully saturated rings. The largest absolute Gasteiger partial charge is 0.494 e. The number of carboxylic acids is 1. The van der Waals surface area contributed by atoms with Gasteiger partial charge in [-0.3, -0.25) is 0 Å². The number of aliphatic carboxylic acids is 1. The molecule has 0 saturated heterocycles. The number of carboxylic acid groups (broad SMARTS) is 1. The summed E-state index contributed by atoms with van der Waals surface area (Å²) < 4.78 is 5.65. The van der Waals surface area contributed by atoms with Gasteiger partial charge in [0.1, 0.15) is 5.75 Å². The predicted molar refractivity (Wildman–Crippen MR) is 93.7 cm³/mol. The molecule has 122 valence electrons. The molecule has 0 aliphatic carbocycles. The zero-order chi connectivity index (χ0) is 16.0. The van der Waals surface area contributed by atoms with Crippen molar-refractivity contribution in [2.75, 3.05) is 6.61 Å². The minimum absolute atomic E-state index is 0.165. The van der Waals surface area contributed by atoms with Crippen molar-refractivity contribution in [3.63, 3.8) is 0 Å². The summed E-state index contributed by atoms with van der Waals surface area (Å²) in [5.41, 5.74) is 0. The second-order valence-electron chi connectivity index (χ2n) is 5.47. The predicted octanol–water partition coefficient (Wildman–Crippen LogP) is 5.03. The number of unbranched alkanes of at least 4 members (excludes halogenated alkanes) is 7. The second-order valence-corrected chi connectivity index (χ2v) is 5.96. The van der Waals surface area contributed by atoms with Crippen molar-refractivity contribution >= 4 is 23.1 Å². The molecule has 0 bridgehead atoms. The highest BCUT2D eigenvalue weighted by molar-refractivity contribution is 7.82. The summed E-state index contributed by atoms with van der Waals surface area (Å²) in [6, 6.07) is 9.92. The Kier molecular flexibility index (Phi) is 10.3. The number of ether oxygens (including phenoxy) is 1. The van der Waals surface area contributed by atoms with Crippen molar-refractivity contribution in [1.82, 2.24) is 0 Å². The second kappa shape index (κ2) is 12.2. The SMILES string of the molecule is O=C(O)C(=S)CCCCCCCCCCOc1ccccc1. The minimum atomic E-state index is -0.937. The maximum absolute atomic E-state index is 10.5. The Morgan fingerprint density at radius 3 is 2.05 bits per heavy atom. The van der Waals surface area contributed by atoms with Gasteiger partial charge in [0, 0.05) is 0 Å². The van der Waals surface area contributed by atoms with Crippen molar-refractivity contribution in [3.05, 3.63) is 30.3 Å². The molecule has 3 nitrogen and oxygen atoms in total. The lowest BCUT2D eigenvalue weighted by molar-refractivity contribution is -0.129. The summed E-state index contributed by atoms with van der Waals surface area (Å²) in [7, 11) is 0. The van der Waals surface area contributed by atoms with E-state index < -0.39 is 5.97 Å². The van der Waals surface area contributed by atoms with Crippen molar-refractivity contribution in [1.29, 1.82) is 0 Å². The van der Waals surface area contributed by atoms with Gasteiger partial charge in [0.2, 0.25) is 0 Å². The summed E-state index contributed by atoms with van der Waals surface area (Å²) in [4.78, 5) is 10.7. The zero-order valence-corrected chi connectivity index (χ0v) is 13.9. The Balaban J connectivity index is 1.82. The van der Waals surface area contributed by atoms with Gasteiger partial charge in [-0.05, 0) is 31.4 Å². The van der Waals surface area contributed by atoms with E-state index in [2.05, 4.69) is 0 Å². The van der Waals surface area contributed by atoms with E-state index in [4.69, 9.17) is 22.1 Å². The molecule has 1 N–H and O–H groups in total. The fourth-order valence-electron chi connectivity index (χ4n) is 2.26. The molecular weight excluding hydrogens is 296 g/mol. The average molecular weight is 322 g/mol. The van der Waals surface area contributed by atoms with Gasteiger partial charge in [-0.2, -0.15) is 0 Å². The van der Waals surface area contributed by atoms with Crippen LogP contribution in [-0.4, -0.2) is 22.5 Å². The first-order valence-electron chi connectivity index (χ1n) is 8.14. The van der Waals surface area contributed by atoms with Crippen LogP contribution in [0.1, 0.15) is 57.8 Å². The van der Waals surface area contributed by atoms with Gasteiger partial charge in [-0.15, -0.1) is 0 Å². The molecule has 0 aliphatic rings. The van der Waals surface area contributed by atoms with Crippen molar-refractivity contribution in [2.24, 2.45) is 0 Å². The van der Waals surface area contributed by atoms with Crippen molar-refractivity contribution in [2.45, 2.75) is 57.8 Å². The first-order chi connectivity index (χ1) is 10.7. The van der Waals surface area contributed by atoms with Gasteiger partial charge in [-0.25, -0.2) is 4.79 Å². The van der Waals surface area contributed by atoms with Crippen LogP contribution in [0.2, 0.25) is 0 Å². The molecule has 1 aromatic carbocycles. The molecule has 1 rings (SSSR count). The van der Waals surface area contributed by atoms with Crippen LogP contribution in [0, 0.1) is 0 Å². The van der Waals surface area contributed by atoms with Crippen molar-refractivity contribution < 1.29 is 14.6 Å². The minimum Gasteiger partial charge on any atom is -0.494 e. The van der Waals surface area contributed by atoms with Crippen LogP contribution in [0.4, 0.5) is 0 Å². The molecule has 1 aromatic rings. The van der Waals surface area contributed by atoms with Crippen LogP contribution < -0.4 is 4.74 Å². The summed E-state index contributed by atoms with van der Waals surface area (Å²) in [5.74, 6) is 0.00879. The molecule has 4 heteroatoms. The summed E-state index contributed by atoms with van der Waals surface area (Å²) in [6.45, 7) is 0.788. The van der Waals surface area contributed by atoms with E-state index in [-0.39, 0.29) is 4.86 Å². The van der Waals surface area contributed by atoms with Gasteiger partial charge in [0.15, 0.2) is 0 Å². The van der Waals surface area contributed by atoms with E-state index in [1.807, 2.05) is 30.3 Å². The fourth-order valence-corrected chi connectivity index (χ4v) is 2.41. The number of benzene rings is 1. The lowest BCUT2D eigenvalue weighted by Crippen LogP contribution is -2.09. The fraction of sp³-hybridized carbons (Fsp3) is 0.556. The lowest BCUT2D eigenvalue weighted by atomic mass is 10.1. The van der Waals surface area contributed by atoms with E-state index in [0.717, 1.165) is 31.6 Å². The summed E-state index contributed by atoms with van der Waals surface area (Å²) in [5, 5.41) is 8.65. The molecule has 0 atom stereocenters. The monoisotopic (exact) mass is 322 g/mol. The van der Waals surface area contributed by atoms with E-state index in [1.165, 1.54) is 32.1 Å². The first kappa shape index (κ1) is 18.6. The normalized spacial score (nSPS) is 10.4. The molecule has 0 radical (unpaired) electrons. The van der Waals surface area contributed by atoms with Crippen LogP contribution in [0.25, 0.3) is 0 Å². The molecule has 0 unspecified atom stereocenters. The molecule has 0 aromatic heterocycles. The Morgan fingerprint density at radius 2 is 1.45 bits per heavy atom. The molecule has 0 spiro atoms. The third kappa shape index (κ3) is 9.50. The van der Waals surface area contributed by atoms with Crippen LogP contribution in [-0.2, 0) is 4.79 Å². The molecule has 0 amide bonds. The third-order valence-corrected chi connectivity index (χ3v) is 3.93. The molecule has 0 aliphatic heterocycles. The van der Waals surface area contributed by atoms with Crippen LogP contribution in [0.5, 0.6) is 5.75 Å². The van der Waals surface area contributed by atoms with E-state index in [0.29, 0.717) is 6.42 Å².